The van der Waals surface area contributed by atoms with Gasteiger partial charge in [-0.05, 0) is 24.8 Å². The molecular formula is C17H24N4O3. The highest BCUT2D eigenvalue weighted by Gasteiger charge is 2.11. The number of urea groups is 1. The first-order valence-corrected chi connectivity index (χ1v) is 7.74. The van der Waals surface area contributed by atoms with Gasteiger partial charge >= 0.3 is 12.0 Å². The van der Waals surface area contributed by atoms with Crippen LogP contribution in [0.3, 0.4) is 0 Å². The molecule has 0 spiro atoms. The van der Waals surface area contributed by atoms with Gasteiger partial charge in [-0.2, -0.15) is 0 Å². The van der Waals surface area contributed by atoms with Crippen LogP contribution in [0.4, 0.5) is 4.79 Å². The number of carboxylic acid groups (broad SMARTS) is 1. The molecule has 0 saturated heterocycles. The molecule has 2 amide bonds. The third kappa shape index (κ3) is 7.44. The number of rotatable bonds is 10. The molecule has 6 N–H and O–H groups in total. The normalized spacial score (nSPS) is 11.3. The lowest BCUT2D eigenvalue weighted by Crippen LogP contribution is -2.42. The fourth-order valence-electron chi connectivity index (χ4n) is 2.11. The minimum atomic E-state index is -0.990. The SMILES string of the molecule is C=C[C@H](CC(=O)O)NC(=O)NCCCCc1ccc(C(=N)N)cc1. The van der Waals surface area contributed by atoms with Crippen LogP contribution in [-0.2, 0) is 11.2 Å². The zero-order valence-corrected chi connectivity index (χ0v) is 13.5. The molecule has 7 heteroatoms. The van der Waals surface area contributed by atoms with Crippen molar-refractivity contribution in [2.75, 3.05) is 6.54 Å². The molecule has 0 saturated carbocycles. The molecule has 0 fully saturated rings. The summed E-state index contributed by atoms with van der Waals surface area (Å²) in [4.78, 5) is 22.2. The Morgan fingerprint density at radius 1 is 1.29 bits per heavy atom. The van der Waals surface area contributed by atoms with Crippen LogP contribution in [0.1, 0.15) is 30.4 Å². The lowest BCUT2D eigenvalue weighted by molar-refractivity contribution is -0.137. The van der Waals surface area contributed by atoms with Crippen molar-refractivity contribution in [3.63, 3.8) is 0 Å². The third-order valence-electron chi connectivity index (χ3n) is 3.44. The first-order chi connectivity index (χ1) is 11.4. The van der Waals surface area contributed by atoms with Gasteiger partial charge in [-0.25, -0.2) is 4.79 Å². The molecule has 7 nitrogen and oxygen atoms in total. The summed E-state index contributed by atoms with van der Waals surface area (Å²) < 4.78 is 0. The lowest BCUT2D eigenvalue weighted by Gasteiger charge is -2.13. The molecule has 0 heterocycles. The van der Waals surface area contributed by atoms with Crippen LogP contribution in [0.25, 0.3) is 0 Å². The molecule has 0 aliphatic rings. The molecular weight excluding hydrogens is 308 g/mol. The van der Waals surface area contributed by atoms with E-state index >= 15 is 0 Å². The molecule has 0 aromatic heterocycles. The number of carbonyl (C=O) groups excluding carboxylic acids is 1. The van der Waals surface area contributed by atoms with Crippen LogP contribution in [0, 0.1) is 5.41 Å². The molecule has 0 unspecified atom stereocenters. The fraction of sp³-hybridized carbons (Fsp3) is 0.353. The number of aryl methyl sites for hydroxylation is 1. The van der Waals surface area contributed by atoms with Gasteiger partial charge in [0.15, 0.2) is 0 Å². The fourth-order valence-corrected chi connectivity index (χ4v) is 2.11. The van der Waals surface area contributed by atoms with Crippen molar-refractivity contribution in [2.24, 2.45) is 5.73 Å². The summed E-state index contributed by atoms with van der Waals surface area (Å²) in [6, 6.07) is 6.55. The summed E-state index contributed by atoms with van der Waals surface area (Å²) >= 11 is 0. The molecule has 1 atom stereocenters. The maximum Gasteiger partial charge on any atom is 0.315 e. The number of nitrogens with one attached hydrogen (secondary N) is 3. The number of nitrogens with two attached hydrogens (primary N) is 1. The average molecular weight is 332 g/mol. The highest BCUT2D eigenvalue weighted by Crippen LogP contribution is 2.07. The first kappa shape index (κ1) is 19.2. The largest absolute Gasteiger partial charge is 0.481 e. The Balaban J connectivity index is 2.21. The second kappa shape index (κ2) is 10.0. The Labute approximate surface area is 141 Å². The lowest BCUT2D eigenvalue weighted by atomic mass is 10.1. The minimum Gasteiger partial charge on any atom is -0.481 e. The number of amidine groups is 1. The second-order valence-electron chi connectivity index (χ2n) is 5.41. The maximum atomic E-state index is 11.6. The zero-order valence-electron chi connectivity index (χ0n) is 13.5. The van der Waals surface area contributed by atoms with E-state index in [2.05, 4.69) is 17.2 Å². The van der Waals surface area contributed by atoms with Crippen molar-refractivity contribution in [1.82, 2.24) is 10.6 Å². The highest BCUT2D eigenvalue weighted by molar-refractivity contribution is 5.94. The number of hydrogen-bond donors (Lipinski definition) is 5. The minimum absolute atomic E-state index is 0.0532. The number of aliphatic carboxylic acids is 1. The van der Waals surface area contributed by atoms with E-state index in [1.54, 1.807) is 0 Å². The summed E-state index contributed by atoms with van der Waals surface area (Å²) in [6.45, 7) is 4.01. The number of amides is 2. The summed E-state index contributed by atoms with van der Waals surface area (Å²) in [6.07, 6.45) is 3.79. The quantitative estimate of drug-likeness (QED) is 0.193. The summed E-state index contributed by atoms with van der Waals surface area (Å²) in [5.41, 5.74) is 7.26. The molecule has 24 heavy (non-hydrogen) atoms. The van der Waals surface area contributed by atoms with E-state index in [-0.39, 0.29) is 12.3 Å². The van der Waals surface area contributed by atoms with Gasteiger partial charge in [-0.15, -0.1) is 6.58 Å². The Morgan fingerprint density at radius 3 is 2.50 bits per heavy atom. The van der Waals surface area contributed by atoms with Crippen molar-refractivity contribution in [3.8, 4) is 0 Å². The first-order valence-electron chi connectivity index (χ1n) is 7.74. The Morgan fingerprint density at radius 2 is 1.96 bits per heavy atom. The highest BCUT2D eigenvalue weighted by atomic mass is 16.4. The Kier molecular flexibility index (Phi) is 8.04. The predicted octanol–water partition coefficient (Wildman–Crippen LogP) is 1.62. The molecule has 130 valence electrons. The van der Waals surface area contributed by atoms with Crippen LogP contribution in [-0.4, -0.2) is 35.5 Å². The summed E-state index contributed by atoms with van der Waals surface area (Å²) in [5, 5.41) is 21.3. The number of carboxylic acids is 1. The van der Waals surface area contributed by atoms with E-state index < -0.39 is 18.0 Å². The van der Waals surface area contributed by atoms with E-state index in [0.717, 1.165) is 24.8 Å². The standard InChI is InChI=1S/C17H24N4O3/c1-2-14(11-15(22)23)21-17(24)20-10-4-3-5-12-6-8-13(9-7-12)16(18)19/h2,6-9,14H,1,3-5,10-11H2,(H3,18,19)(H,22,23)(H2,20,21,24)/t14-/m1/s1. The van der Waals surface area contributed by atoms with Gasteiger partial charge in [0, 0.05) is 12.1 Å². The van der Waals surface area contributed by atoms with Gasteiger partial charge in [-0.3, -0.25) is 10.2 Å². The van der Waals surface area contributed by atoms with E-state index in [1.165, 1.54) is 6.08 Å². The van der Waals surface area contributed by atoms with Crippen LogP contribution >= 0.6 is 0 Å². The number of unbranched alkanes of at least 4 members (excludes halogenated alkanes) is 1. The molecule has 0 aliphatic heterocycles. The van der Waals surface area contributed by atoms with Crippen molar-refractivity contribution in [1.29, 1.82) is 5.41 Å². The van der Waals surface area contributed by atoms with E-state index in [0.29, 0.717) is 12.1 Å². The van der Waals surface area contributed by atoms with Crippen molar-refractivity contribution in [3.05, 3.63) is 48.0 Å². The monoisotopic (exact) mass is 332 g/mol. The predicted molar refractivity (Wildman–Crippen MR) is 93.2 cm³/mol. The van der Waals surface area contributed by atoms with Gasteiger partial charge in [-0.1, -0.05) is 30.3 Å². The third-order valence-corrected chi connectivity index (χ3v) is 3.44. The molecule has 1 aromatic carbocycles. The van der Waals surface area contributed by atoms with Gasteiger partial charge in [0.05, 0.1) is 12.5 Å². The Hall–Kier alpha value is -2.83. The number of carbonyl (C=O) groups is 2. The van der Waals surface area contributed by atoms with Crippen molar-refractivity contribution in [2.45, 2.75) is 31.7 Å². The van der Waals surface area contributed by atoms with Crippen LogP contribution in [0.5, 0.6) is 0 Å². The van der Waals surface area contributed by atoms with Gasteiger partial charge in [0.25, 0.3) is 0 Å². The molecule has 0 aliphatic carbocycles. The maximum absolute atomic E-state index is 11.6. The van der Waals surface area contributed by atoms with Gasteiger partial charge in [0.1, 0.15) is 5.84 Å². The van der Waals surface area contributed by atoms with Crippen molar-refractivity contribution >= 4 is 17.8 Å². The van der Waals surface area contributed by atoms with E-state index in [1.807, 2.05) is 24.3 Å². The van der Waals surface area contributed by atoms with Crippen LogP contribution in [0.15, 0.2) is 36.9 Å². The van der Waals surface area contributed by atoms with Crippen LogP contribution in [0.2, 0.25) is 0 Å². The topological polar surface area (TPSA) is 128 Å². The van der Waals surface area contributed by atoms with Gasteiger partial charge in [0.2, 0.25) is 0 Å². The number of nitrogen functional groups attached to an aromatic ring is 1. The van der Waals surface area contributed by atoms with Crippen LogP contribution < -0.4 is 16.4 Å². The molecule has 1 aromatic rings. The van der Waals surface area contributed by atoms with Gasteiger partial charge < -0.3 is 21.5 Å². The molecule has 0 radical (unpaired) electrons. The zero-order chi connectivity index (χ0) is 17.9. The van der Waals surface area contributed by atoms with E-state index in [9.17, 15) is 9.59 Å². The average Bonchev–Trinajstić information content (AvgIpc) is 2.53. The smallest absolute Gasteiger partial charge is 0.315 e. The summed E-state index contributed by atoms with van der Waals surface area (Å²) in [7, 11) is 0. The molecule has 1 rings (SSSR count). The van der Waals surface area contributed by atoms with E-state index in [4.69, 9.17) is 16.2 Å². The Bertz CT molecular complexity index is 584. The number of benzene rings is 1. The summed E-state index contributed by atoms with van der Waals surface area (Å²) in [5.74, 6) is -0.937. The second-order valence-corrected chi connectivity index (χ2v) is 5.41. The number of hydrogen-bond acceptors (Lipinski definition) is 3. The van der Waals surface area contributed by atoms with Crippen molar-refractivity contribution < 1.29 is 14.7 Å². The molecule has 0 bridgehead atoms.